The van der Waals surface area contributed by atoms with Gasteiger partial charge in [0.1, 0.15) is 11.9 Å². The van der Waals surface area contributed by atoms with Gasteiger partial charge in [-0.25, -0.2) is 4.79 Å². The Morgan fingerprint density at radius 3 is 2.09 bits per heavy atom. The van der Waals surface area contributed by atoms with E-state index in [0.717, 1.165) is 0 Å². The minimum Gasteiger partial charge on any atom is -0.497 e. The smallest absolute Gasteiger partial charge is 0.335 e. The molecule has 0 amide bonds. The minimum absolute atomic E-state index is 0.256. The molecule has 1 N–H and O–H groups in total. The zero-order chi connectivity index (χ0) is 16.3. The van der Waals surface area contributed by atoms with E-state index in [9.17, 15) is 9.90 Å². The molecule has 120 valence electrons. The summed E-state index contributed by atoms with van der Waals surface area (Å²) in [7, 11) is 5.84. The van der Waals surface area contributed by atoms with Crippen molar-refractivity contribution in [1.82, 2.24) is 0 Å². The molecular formula is C15H18O7. The molecule has 22 heavy (non-hydrogen) atoms. The molecule has 0 aromatic heterocycles. The monoisotopic (exact) mass is 310 g/mol. The normalized spacial score (nSPS) is 18.3. The lowest BCUT2D eigenvalue weighted by atomic mass is 10.0. The molecule has 1 aliphatic rings. The van der Waals surface area contributed by atoms with E-state index in [1.807, 2.05) is 0 Å². The maximum Gasteiger partial charge on any atom is 0.335 e. The molecule has 0 aliphatic carbocycles. The van der Waals surface area contributed by atoms with Crippen LogP contribution in [0, 0.1) is 0 Å². The van der Waals surface area contributed by atoms with Gasteiger partial charge in [-0.2, -0.15) is 0 Å². The van der Waals surface area contributed by atoms with Gasteiger partial charge in [0.05, 0.1) is 34.5 Å². The average molecular weight is 310 g/mol. The Morgan fingerprint density at radius 2 is 1.64 bits per heavy atom. The third kappa shape index (κ3) is 2.80. The van der Waals surface area contributed by atoms with Crippen molar-refractivity contribution in [3.63, 3.8) is 0 Å². The van der Waals surface area contributed by atoms with Gasteiger partial charge < -0.3 is 28.8 Å². The molecule has 0 fully saturated rings. The van der Waals surface area contributed by atoms with E-state index >= 15 is 0 Å². The highest BCUT2D eigenvalue weighted by Gasteiger charge is 2.35. The van der Waals surface area contributed by atoms with Crippen molar-refractivity contribution >= 4 is 5.97 Å². The molecular weight excluding hydrogens is 292 g/mol. The highest BCUT2D eigenvalue weighted by Crippen LogP contribution is 2.41. The van der Waals surface area contributed by atoms with Crippen LogP contribution in [0.15, 0.2) is 24.0 Å². The lowest BCUT2D eigenvalue weighted by Crippen LogP contribution is -2.22. The number of aliphatic hydroxyl groups excluding tert-OH is 1. The van der Waals surface area contributed by atoms with Gasteiger partial charge >= 0.3 is 5.97 Å². The van der Waals surface area contributed by atoms with Crippen LogP contribution in [0.3, 0.4) is 0 Å². The van der Waals surface area contributed by atoms with Gasteiger partial charge in [0.15, 0.2) is 17.6 Å². The lowest BCUT2D eigenvalue weighted by molar-refractivity contribution is -0.144. The maximum atomic E-state index is 11.3. The number of aliphatic hydroxyl groups is 1. The van der Waals surface area contributed by atoms with E-state index in [2.05, 4.69) is 0 Å². The number of esters is 1. The summed E-state index contributed by atoms with van der Waals surface area (Å²) in [6.45, 7) is 0. The van der Waals surface area contributed by atoms with E-state index in [1.165, 1.54) is 34.5 Å². The van der Waals surface area contributed by atoms with E-state index < -0.39 is 18.2 Å². The molecule has 7 nitrogen and oxygen atoms in total. The zero-order valence-corrected chi connectivity index (χ0v) is 12.8. The van der Waals surface area contributed by atoms with Gasteiger partial charge in [0, 0.05) is 0 Å². The Labute approximate surface area is 128 Å². The molecule has 0 unspecified atom stereocenters. The molecule has 0 radical (unpaired) electrons. The summed E-state index contributed by atoms with van der Waals surface area (Å²) in [6, 6.07) is 3.18. The second-order valence-electron chi connectivity index (χ2n) is 4.51. The van der Waals surface area contributed by atoms with Crippen LogP contribution in [-0.4, -0.2) is 45.6 Å². The summed E-state index contributed by atoms with van der Waals surface area (Å²) in [5.74, 6) is 0.887. The molecule has 0 saturated heterocycles. The van der Waals surface area contributed by atoms with Crippen molar-refractivity contribution < 1.29 is 33.6 Å². The van der Waals surface area contributed by atoms with Gasteiger partial charge in [0.2, 0.25) is 5.75 Å². The topological polar surface area (TPSA) is 83.5 Å². The van der Waals surface area contributed by atoms with Gasteiger partial charge in [-0.15, -0.1) is 0 Å². The van der Waals surface area contributed by atoms with Crippen LogP contribution < -0.4 is 14.2 Å². The van der Waals surface area contributed by atoms with Crippen molar-refractivity contribution in [2.75, 3.05) is 28.4 Å². The Morgan fingerprint density at radius 1 is 1.05 bits per heavy atom. The molecule has 0 bridgehead atoms. The van der Waals surface area contributed by atoms with Crippen LogP contribution in [0.4, 0.5) is 0 Å². The number of carbonyl (C=O) groups excluding carboxylic acids is 1. The van der Waals surface area contributed by atoms with Crippen LogP contribution >= 0.6 is 0 Å². The van der Waals surface area contributed by atoms with Crippen LogP contribution in [0.1, 0.15) is 11.7 Å². The quantitative estimate of drug-likeness (QED) is 0.790. The van der Waals surface area contributed by atoms with Crippen LogP contribution in [0.5, 0.6) is 17.2 Å². The standard InChI is InChI=1S/C15H18O7/c1-18-9-5-8(6-10(19-2)14(9)21-4)13(17)15-11(20-3)7-12(16)22-15/h5-7,13,15,17H,1-4H3/t13-,15-/m0/s1. The van der Waals surface area contributed by atoms with Gasteiger partial charge in [-0.05, 0) is 17.7 Å². The first-order valence-electron chi connectivity index (χ1n) is 6.49. The minimum atomic E-state index is -1.13. The molecule has 1 aliphatic heterocycles. The highest BCUT2D eigenvalue weighted by molar-refractivity contribution is 5.85. The third-order valence-corrected chi connectivity index (χ3v) is 3.33. The van der Waals surface area contributed by atoms with E-state index in [4.69, 9.17) is 23.7 Å². The second-order valence-corrected chi connectivity index (χ2v) is 4.51. The van der Waals surface area contributed by atoms with Crippen LogP contribution in [-0.2, 0) is 14.3 Å². The highest BCUT2D eigenvalue weighted by atomic mass is 16.6. The molecule has 1 heterocycles. The number of benzene rings is 1. The summed E-state index contributed by atoms with van der Waals surface area (Å²) < 4.78 is 25.8. The SMILES string of the molecule is COC1=CC(=O)O[C@@H]1[C@@H](O)c1cc(OC)c(OC)c(OC)c1. The predicted octanol–water partition coefficient (Wildman–Crippen LogP) is 1.20. The van der Waals surface area contributed by atoms with Crippen LogP contribution in [0.25, 0.3) is 0 Å². The Bertz CT molecular complexity index is 569. The number of hydrogen-bond acceptors (Lipinski definition) is 7. The number of methoxy groups -OCH3 is 4. The molecule has 0 spiro atoms. The van der Waals surface area contributed by atoms with Gasteiger partial charge in [0.25, 0.3) is 0 Å². The Balaban J connectivity index is 2.40. The number of ether oxygens (including phenoxy) is 5. The van der Waals surface area contributed by atoms with Crippen molar-refractivity contribution in [3.8, 4) is 17.2 Å². The molecule has 2 atom stereocenters. The molecule has 7 heteroatoms. The summed E-state index contributed by atoms with van der Waals surface area (Å²) in [6.07, 6.45) is -0.849. The predicted molar refractivity (Wildman–Crippen MR) is 76.0 cm³/mol. The van der Waals surface area contributed by atoms with Crippen molar-refractivity contribution in [1.29, 1.82) is 0 Å². The third-order valence-electron chi connectivity index (χ3n) is 3.33. The largest absolute Gasteiger partial charge is 0.497 e. The Hall–Kier alpha value is -2.41. The lowest BCUT2D eigenvalue weighted by Gasteiger charge is -2.22. The summed E-state index contributed by atoms with van der Waals surface area (Å²) in [5, 5.41) is 10.5. The van der Waals surface area contributed by atoms with E-state index in [-0.39, 0.29) is 5.76 Å². The molecule has 1 aromatic carbocycles. The molecule has 2 rings (SSSR count). The number of rotatable bonds is 6. The molecule has 1 aromatic rings. The maximum absolute atomic E-state index is 11.3. The summed E-state index contributed by atoms with van der Waals surface area (Å²) in [4.78, 5) is 11.3. The van der Waals surface area contributed by atoms with Crippen molar-refractivity contribution in [3.05, 3.63) is 29.5 Å². The average Bonchev–Trinajstić information content (AvgIpc) is 2.93. The number of carbonyl (C=O) groups is 1. The van der Waals surface area contributed by atoms with Crippen LogP contribution in [0.2, 0.25) is 0 Å². The van der Waals surface area contributed by atoms with Crippen molar-refractivity contribution in [2.24, 2.45) is 0 Å². The fourth-order valence-electron chi connectivity index (χ4n) is 2.26. The van der Waals surface area contributed by atoms with E-state index in [1.54, 1.807) is 12.1 Å². The molecule has 0 saturated carbocycles. The van der Waals surface area contributed by atoms with Crippen molar-refractivity contribution in [2.45, 2.75) is 12.2 Å². The first-order chi connectivity index (χ1) is 10.5. The number of cyclic esters (lactones) is 1. The Kier molecular flexibility index (Phi) is 4.77. The first kappa shape index (κ1) is 16.0. The second kappa shape index (κ2) is 6.57. The van der Waals surface area contributed by atoms with E-state index in [0.29, 0.717) is 22.8 Å². The first-order valence-corrected chi connectivity index (χ1v) is 6.49. The summed E-state index contributed by atoms with van der Waals surface area (Å²) in [5.41, 5.74) is 0.442. The summed E-state index contributed by atoms with van der Waals surface area (Å²) >= 11 is 0. The number of hydrogen-bond donors (Lipinski definition) is 1. The zero-order valence-electron chi connectivity index (χ0n) is 12.8. The fraction of sp³-hybridized carbons (Fsp3) is 0.400. The van der Waals surface area contributed by atoms with Gasteiger partial charge in [-0.3, -0.25) is 0 Å². The fourth-order valence-corrected chi connectivity index (χ4v) is 2.26. The van der Waals surface area contributed by atoms with Gasteiger partial charge in [-0.1, -0.05) is 0 Å².